The van der Waals surface area contributed by atoms with E-state index in [1.54, 1.807) is 13.8 Å². The summed E-state index contributed by atoms with van der Waals surface area (Å²) >= 11 is 0. The molecule has 4 rings (SSSR count). The van der Waals surface area contributed by atoms with Crippen molar-refractivity contribution in [3.05, 3.63) is 23.8 Å². The number of esters is 1. The highest BCUT2D eigenvalue weighted by atomic mass is 19.1. The standard InChI is InChI=1S/C25H32F2O6/c1-14(12-28)21(32)33-25(20(31)13-29)7-5-16-17-11-19(26)18-10-15(30)4-6-22(18,2)24(17,27)9-8-23(16,25)3/h4,6,10,14,16-17,19,28-29H,5,7-9,11-13H2,1-3H3/t14?,16-,17-,19-,22-,23-,24+,25-/m0/s1. The second kappa shape index (κ2) is 7.80. The molecule has 0 aromatic rings. The zero-order chi connectivity index (χ0) is 24.4. The molecule has 0 heterocycles. The van der Waals surface area contributed by atoms with Crippen LogP contribution in [0.3, 0.4) is 0 Å². The van der Waals surface area contributed by atoms with Crippen LogP contribution in [0.5, 0.6) is 0 Å². The molecule has 33 heavy (non-hydrogen) atoms. The second-order valence-corrected chi connectivity index (χ2v) is 10.7. The lowest BCUT2D eigenvalue weighted by Crippen LogP contribution is -2.65. The first-order valence-corrected chi connectivity index (χ1v) is 11.7. The van der Waals surface area contributed by atoms with E-state index in [1.807, 2.05) is 0 Å². The van der Waals surface area contributed by atoms with Gasteiger partial charge in [-0.1, -0.05) is 13.0 Å². The molecule has 0 aromatic carbocycles. The Bertz CT molecular complexity index is 945. The number of rotatable bonds is 5. The van der Waals surface area contributed by atoms with Gasteiger partial charge in [0.1, 0.15) is 18.4 Å². The number of hydrogen-bond acceptors (Lipinski definition) is 6. The predicted molar refractivity (Wildman–Crippen MR) is 114 cm³/mol. The Morgan fingerprint density at radius 1 is 1.21 bits per heavy atom. The Hall–Kier alpha value is -1.93. The number of hydrogen-bond donors (Lipinski definition) is 2. The van der Waals surface area contributed by atoms with Crippen LogP contribution >= 0.6 is 0 Å². The van der Waals surface area contributed by atoms with Crippen LogP contribution < -0.4 is 0 Å². The summed E-state index contributed by atoms with van der Waals surface area (Å²) in [4.78, 5) is 37.6. The second-order valence-electron chi connectivity index (χ2n) is 10.7. The normalized spacial score (nSPS) is 44.9. The molecule has 182 valence electrons. The summed E-state index contributed by atoms with van der Waals surface area (Å²) in [6, 6.07) is 0. The average molecular weight is 467 g/mol. The van der Waals surface area contributed by atoms with Gasteiger partial charge in [0.25, 0.3) is 0 Å². The average Bonchev–Trinajstić information content (AvgIpc) is 3.08. The first-order chi connectivity index (χ1) is 15.4. The van der Waals surface area contributed by atoms with Gasteiger partial charge >= 0.3 is 5.97 Å². The Labute approximate surface area is 192 Å². The summed E-state index contributed by atoms with van der Waals surface area (Å²) in [5.74, 6) is -3.84. The molecule has 0 spiro atoms. The number of aliphatic hydroxyl groups excluding tert-OH is 2. The van der Waals surface area contributed by atoms with Crippen molar-refractivity contribution < 1.29 is 38.1 Å². The monoisotopic (exact) mass is 466 g/mol. The lowest BCUT2D eigenvalue weighted by molar-refractivity contribution is -0.203. The number of carbonyl (C=O) groups is 3. The maximum absolute atomic E-state index is 17.0. The van der Waals surface area contributed by atoms with Crippen molar-refractivity contribution in [3.8, 4) is 0 Å². The van der Waals surface area contributed by atoms with Gasteiger partial charge in [-0.15, -0.1) is 0 Å². The van der Waals surface area contributed by atoms with Crippen LogP contribution in [0.2, 0.25) is 0 Å². The van der Waals surface area contributed by atoms with Crippen LogP contribution in [0.25, 0.3) is 0 Å². The van der Waals surface area contributed by atoms with Crippen molar-refractivity contribution in [2.75, 3.05) is 13.2 Å². The Morgan fingerprint density at radius 2 is 1.91 bits per heavy atom. The van der Waals surface area contributed by atoms with Crippen molar-refractivity contribution in [3.63, 3.8) is 0 Å². The van der Waals surface area contributed by atoms with Crippen molar-refractivity contribution in [2.24, 2.45) is 28.6 Å². The van der Waals surface area contributed by atoms with Gasteiger partial charge < -0.3 is 14.9 Å². The number of ether oxygens (including phenoxy) is 1. The Balaban J connectivity index is 1.77. The molecule has 0 aliphatic heterocycles. The maximum Gasteiger partial charge on any atom is 0.312 e. The topological polar surface area (TPSA) is 101 Å². The highest BCUT2D eigenvalue weighted by Crippen LogP contribution is 2.70. The van der Waals surface area contributed by atoms with E-state index in [-0.39, 0.29) is 37.0 Å². The largest absolute Gasteiger partial charge is 0.450 e. The quantitative estimate of drug-likeness (QED) is 0.605. The molecular weight excluding hydrogens is 434 g/mol. The van der Waals surface area contributed by atoms with Gasteiger partial charge in [-0.05, 0) is 69.6 Å². The third-order valence-electron chi connectivity index (χ3n) is 9.32. The molecule has 0 amide bonds. The Morgan fingerprint density at radius 3 is 2.55 bits per heavy atom. The fraction of sp³-hybridized carbons (Fsp3) is 0.720. The first kappa shape index (κ1) is 24.2. The fourth-order valence-electron chi connectivity index (χ4n) is 7.23. The van der Waals surface area contributed by atoms with E-state index in [0.717, 1.165) is 0 Å². The number of aliphatic hydroxyl groups is 2. The molecule has 8 atom stereocenters. The predicted octanol–water partition coefficient (Wildman–Crippen LogP) is 2.81. The van der Waals surface area contributed by atoms with E-state index in [1.165, 1.54) is 25.2 Å². The smallest absolute Gasteiger partial charge is 0.312 e. The lowest BCUT2D eigenvalue weighted by Gasteiger charge is -2.61. The van der Waals surface area contributed by atoms with Crippen molar-refractivity contribution >= 4 is 17.5 Å². The highest BCUT2D eigenvalue weighted by molar-refractivity contribution is 6.01. The summed E-state index contributed by atoms with van der Waals surface area (Å²) in [6.45, 7) is 3.58. The number of carbonyl (C=O) groups excluding carboxylic acids is 3. The zero-order valence-electron chi connectivity index (χ0n) is 19.3. The summed E-state index contributed by atoms with van der Waals surface area (Å²) in [7, 11) is 0. The van der Waals surface area contributed by atoms with E-state index < -0.39 is 71.0 Å². The van der Waals surface area contributed by atoms with Crippen LogP contribution in [0, 0.1) is 28.6 Å². The minimum absolute atomic E-state index is 0.00266. The van der Waals surface area contributed by atoms with Gasteiger partial charge in [0.15, 0.2) is 11.4 Å². The van der Waals surface area contributed by atoms with Crippen LogP contribution in [0.4, 0.5) is 8.78 Å². The van der Waals surface area contributed by atoms with Crippen molar-refractivity contribution in [1.82, 2.24) is 0 Å². The maximum atomic E-state index is 17.0. The van der Waals surface area contributed by atoms with Crippen LogP contribution in [0.15, 0.2) is 23.8 Å². The molecule has 8 heteroatoms. The van der Waals surface area contributed by atoms with Gasteiger partial charge in [-0.3, -0.25) is 14.4 Å². The molecule has 0 bridgehead atoms. The van der Waals surface area contributed by atoms with Crippen LogP contribution in [-0.4, -0.2) is 58.4 Å². The molecule has 6 nitrogen and oxygen atoms in total. The van der Waals surface area contributed by atoms with E-state index in [9.17, 15) is 24.6 Å². The third-order valence-corrected chi connectivity index (χ3v) is 9.32. The molecule has 0 radical (unpaired) electrons. The van der Waals surface area contributed by atoms with E-state index >= 15 is 8.78 Å². The minimum atomic E-state index is -1.83. The number of alkyl halides is 2. The van der Waals surface area contributed by atoms with Crippen LogP contribution in [-0.2, 0) is 19.1 Å². The van der Waals surface area contributed by atoms with Gasteiger partial charge in [-0.2, -0.15) is 0 Å². The molecule has 4 aliphatic rings. The number of Topliss-reactive ketones (excluding diaryl/α,β-unsaturated/α-hetero) is 1. The summed E-state index contributed by atoms with van der Waals surface area (Å²) in [5.41, 5.74) is -5.60. The number of halogens is 2. The molecule has 2 N–H and O–H groups in total. The van der Waals surface area contributed by atoms with E-state index in [2.05, 4.69) is 0 Å². The first-order valence-electron chi connectivity index (χ1n) is 11.7. The molecule has 3 fully saturated rings. The molecule has 3 saturated carbocycles. The fourth-order valence-corrected chi connectivity index (χ4v) is 7.23. The molecule has 0 aromatic heterocycles. The summed E-state index contributed by atoms with van der Waals surface area (Å²) in [5, 5.41) is 19.1. The summed E-state index contributed by atoms with van der Waals surface area (Å²) in [6.07, 6.45) is 3.00. The summed E-state index contributed by atoms with van der Waals surface area (Å²) < 4.78 is 38.1. The van der Waals surface area contributed by atoms with Crippen LogP contribution in [0.1, 0.15) is 52.9 Å². The number of allylic oxidation sites excluding steroid dienone is 4. The Kier molecular flexibility index (Phi) is 5.72. The van der Waals surface area contributed by atoms with Crippen molar-refractivity contribution in [2.45, 2.75) is 70.3 Å². The third kappa shape index (κ3) is 3.05. The molecular formula is C25H32F2O6. The minimum Gasteiger partial charge on any atom is -0.450 e. The molecule has 4 aliphatic carbocycles. The van der Waals surface area contributed by atoms with Gasteiger partial charge in [0, 0.05) is 16.7 Å². The van der Waals surface area contributed by atoms with Gasteiger partial charge in [0.2, 0.25) is 5.78 Å². The van der Waals surface area contributed by atoms with Gasteiger partial charge in [0.05, 0.1) is 12.5 Å². The molecule has 0 saturated heterocycles. The zero-order valence-corrected chi connectivity index (χ0v) is 19.3. The number of fused-ring (bicyclic) bond motifs is 5. The lowest BCUT2D eigenvalue weighted by atomic mass is 9.45. The number of ketones is 2. The molecule has 1 unspecified atom stereocenters. The van der Waals surface area contributed by atoms with Crippen molar-refractivity contribution in [1.29, 1.82) is 0 Å². The van der Waals surface area contributed by atoms with E-state index in [0.29, 0.717) is 6.42 Å². The SMILES string of the molecule is CC(CO)C(=O)O[C@]1(C(=O)CO)CC[C@H]2[C@@H]3C[C@H](F)C4=CC(=O)C=C[C@]4(C)[C@@]3(F)CC[C@@]21C. The van der Waals surface area contributed by atoms with E-state index in [4.69, 9.17) is 4.74 Å². The van der Waals surface area contributed by atoms with Gasteiger partial charge in [-0.25, -0.2) is 8.78 Å². The highest BCUT2D eigenvalue weighted by Gasteiger charge is 2.73.